The van der Waals surface area contributed by atoms with Crippen LogP contribution in [0.3, 0.4) is 0 Å². The van der Waals surface area contributed by atoms with Gasteiger partial charge in [0.2, 0.25) is 0 Å². The summed E-state index contributed by atoms with van der Waals surface area (Å²) in [5.74, 6) is 0.670. The Bertz CT molecular complexity index is 731. The van der Waals surface area contributed by atoms with E-state index in [2.05, 4.69) is 10.3 Å². The molecule has 3 rings (SSSR count). The third-order valence-electron chi connectivity index (χ3n) is 3.44. The van der Waals surface area contributed by atoms with Gasteiger partial charge in [0.15, 0.2) is 11.5 Å². The molecule has 0 aliphatic carbocycles. The fourth-order valence-corrected chi connectivity index (χ4v) is 2.30. The van der Waals surface area contributed by atoms with Gasteiger partial charge in [-0.1, -0.05) is 18.2 Å². The zero-order valence-corrected chi connectivity index (χ0v) is 11.6. The molecule has 1 heterocycles. The topological polar surface area (TPSA) is 64.1 Å². The minimum absolute atomic E-state index is 0.171. The van der Waals surface area contributed by atoms with Crippen molar-refractivity contribution in [1.82, 2.24) is 4.98 Å². The van der Waals surface area contributed by atoms with E-state index in [9.17, 15) is 0 Å². The molecular formula is C16H17N3O. The van der Waals surface area contributed by atoms with E-state index in [1.807, 2.05) is 56.4 Å². The van der Waals surface area contributed by atoms with Crippen molar-refractivity contribution in [1.29, 1.82) is 0 Å². The third kappa shape index (κ3) is 2.26. The van der Waals surface area contributed by atoms with Crippen LogP contribution in [0.15, 0.2) is 46.9 Å². The van der Waals surface area contributed by atoms with Gasteiger partial charge in [-0.15, -0.1) is 0 Å². The van der Waals surface area contributed by atoms with Gasteiger partial charge in [-0.2, -0.15) is 0 Å². The molecule has 20 heavy (non-hydrogen) atoms. The molecule has 0 bridgehead atoms. The molecule has 3 N–H and O–H groups in total. The molecule has 0 amide bonds. The van der Waals surface area contributed by atoms with E-state index in [-0.39, 0.29) is 6.04 Å². The second kappa shape index (κ2) is 4.98. The largest absolute Gasteiger partial charge is 0.441 e. The molecule has 0 spiro atoms. The Morgan fingerprint density at radius 2 is 1.80 bits per heavy atom. The van der Waals surface area contributed by atoms with E-state index < -0.39 is 0 Å². The predicted molar refractivity (Wildman–Crippen MR) is 80.8 cm³/mol. The third-order valence-corrected chi connectivity index (χ3v) is 3.44. The standard InChI is InChI=1S/C16H17N3O/c1-10-19-14-8-5-12(9-15(14)20-10)16(17)11-3-6-13(18-2)7-4-11/h3-9,16,18H,17H2,1-2H3. The van der Waals surface area contributed by atoms with Crippen molar-refractivity contribution in [3.8, 4) is 0 Å². The van der Waals surface area contributed by atoms with Crippen LogP contribution in [-0.4, -0.2) is 12.0 Å². The fraction of sp³-hybridized carbons (Fsp3) is 0.188. The number of nitrogens with two attached hydrogens (primary N) is 1. The van der Waals surface area contributed by atoms with Crippen molar-refractivity contribution in [2.75, 3.05) is 12.4 Å². The zero-order valence-electron chi connectivity index (χ0n) is 11.6. The van der Waals surface area contributed by atoms with E-state index >= 15 is 0 Å². The molecule has 0 aliphatic rings. The molecule has 102 valence electrons. The summed E-state index contributed by atoms with van der Waals surface area (Å²) in [7, 11) is 1.90. The van der Waals surface area contributed by atoms with Gasteiger partial charge in [-0.3, -0.25) is 0 Å². The van der Waals surface area contributed by atoms with Gasteiger partial charge >= 0.3 is 0 Å². The highest BCUT2D eigenvalue weighted by Gasteiger charge is 2.11. The minimum atomic E-state index is -0.171. The predicted octanol–water partition coefficient (Wildman–Crippen LogP) is 3.23. The number of rotatable bonds is 3. The van der Waals surface area contributed by atoms with Crippen molar-refractivity contribution in [2.24, 2.45) is 5.73 Å². The summed E-state index contributed by atoms with van der Waals surface area (Å²) in [6, 6.07) is 13.9. The second-order valence-corrected chi connectivity index (χ2v) is 4.81. The fourth-order valence-electron chi connectivity index (χ4n) is 2.30. The van der Waals surface area contributed by atoms with Crippen LogP contribution in [0.5, 0.6) is 0 Å². The number of nitrogens with zero attached hydrogens (tertiary/aromatic N) is 1. The highest BCUT2D eigenvalue weighted by atomic mass is 16.3. The zero-order chi connectivity index (χ0) is 14.1. The first-order chi connectivity index (χ1) is 9.67. The van der Waals surface area contributed by atoms with E-state index in [1.54, 1.807) is 0 Å². The van der Waals surface area contributed by atoms with Crippen molar-refractivity contribution in [3.05, 3.63) is 59.5 Å². The summed E-state index contributed by atoms with van der Waals surface area (Å²) in [6.45, 7) is 1.84. The maximum atomic E-state index is 6.32. The first-order valence-corrected chi connectivity index (χ1v) is 6.58. The van der Waals surface area contributed by atoms with Gasteiger partial charge in [0.1, 0.15) is 5.52 Å². The molecule has 0 aliphatic heterocycles. The van der Waals surface area contributed by atoms with E-state index in [0.717, 1.165) is 27.9 Å². The molecule has 0 saturated carbocycles. The quantitative estimate of drug-likeness (QED) is 0.764. The normalized spacial score (nSPS) is 12.6. The molecule has 4 heteroatoms. The van der Waals surface area contributed by atoms with Gasteiger partial charge in [-0.25, -0.2) is 4.98 Å². The molecule has 0 radical (unpaired) electrons. The van der Waals surface area contributed by atoms with E-state index in [0.29, 0.717) is 5.89 Å². The summed E-state index contributed by atoms with van der Waals surface area (Å²) >= 11 is 0. The summed E-state index contributed by atoms with van der Waals surface area (Å²) in [5.41, 5.74) is 11.1. The summed E-state index contributed by atoms with van der Waals surface area (Å²) in [6.07, 6.45) is 0. The van der Waals surface area contributed by atoms with Crippen LogP contribution < -0.4 is 11.1 Å². The molecule has 1 atom stereocenters. The van der Waals surface area contributed by atoms with Gasteiger partial charge in [-0.05, 0) is 35.4 Å². The van der Waals surface area contributed by atoms with Gasteiger partial charge in [0, 0.05) is 19.7 Å². The molecule has 2 aromatic carbocycles. The van der Waals surface area contributed by atoms with Crippen LogP contribution >= 0.6 is 0 Å². The molecule has 1 unspecified atom stereocenters. The van der Waals surface area contributed by atoms with Crippen molar-refractivity contribution < 1.29 is 4.42 Å². The Morgan fingerprint density at radius 1 is 1.10 bits per heavy atom. The molecular weight excluding hydrogens is 250 g/mol. The van der Waals surface area contributed by atoms with Crippen LogP contribution in [0.1, 0.15) is 23.1 Å². The molecule has 4 nitrogen and oxygen atoms in total. The SMILES string of the molecule is CNc1ccc(C(N)c2ccc3nc(C)oc3c2)cc1. The first kappa shape index (κ1) is 12.7. The lowest BCUT2D eigenvalue weighted by molar-refractivity contribution is 0.560. The minimum Gasteiger partial charge on any atom is -0.441 e. The van der Waals surface area contributed by atoms with Crippen molar-refractivity contribution in [2.45, 2.75) is 13.0 Å². The number of hydrogen-bond acceptors (Lipinski definition) is 4. The lowest BCUT2D eigenvalue weighted by atomic mass is 9.99. The molecule has 1 aromatic heterocycles. The number of hydrogen-bond donors (Lipinski definition) is 2. The molecule has 0 fully saturated rings. The van der Waals surface area contributed by atoms with Gasteiger partial charge < -0.3 is 15.5 Å². The molecule has 3 aromatic rings. The van der Waals surface area contributed by atoms with Gasteiger partial charge in [0.25, 0.3) is 0 Å². The Morgan fingerprint density at radius 3 is 2.50 bits per heavy atom. The van der Waals surface area contributed by atoms with Crippen LogP contribution in [0.4, 0.5) is 5.69 Å². The average molecular weight is 267 g/mol. The number of oxazole rings is 1. The maximum Gasteiger partial charge on any atom is 0.192 e. The second-order valence-electron chi connectivity index (χ2n) is 4.81. The number of fused-ring (bicyclic) bond motifs is 1. The van der Waals surface area contributed by atoms with Crippen LogP contribution in [0.25, 0.3) is 11.1 Å². The van der Waals surface area contributed by atoms with Crippen LogP contribution in [0, 0.1) is 6.92 Å². The first-order valence-electron chi connectivity index (χ1n) is 6.58. The van der Waals surface area contributed by atoms with E-state index in [4.69, 9.17) is 10.2 Å². The monoisotopic (exact) mass is 267 g/mol. The lowest BCUT2D eigenvalue weighted by Crippen LogP contribution is -2.11. The summed E-state index contributed by atoms with van der Waals surface area (Å²) in [4.78, 5) is 4.29. The number of benzene rings is 2. The maximum absolute atomic E-state index is 6.32. The van der Waals surface area contributed by atoms with Crippen molar-refractivity contribution >= 4 is 16.8 Å². The summed E-state index contributed by atoms with van der Waals surface area (Å²) < 4.78 is 5.55. The Hall–Kier alpha value is -2.33. The number of aryl methyl sites for hydroxylation is 1. The number of nitrogens with one attached hydrogen (secondary N) is 1. The lowest BCUT2D eigenvalue weighted by Gasteiger charge is -2.13. The molecule has 0 saturated heterocycles. The Kier molecular flexibility index (Phi) is 3.16. The summed E-state index contributed by atoms with van der Waals surface area (Å²) in [5, 5.41) is 3.10. The van der Waals surface area contributed by atoms with Crippen LogP contribution in [0.2, 0.25) is 0 Å². The Labute approximate surface area is 117 Å². The smallest absolute Gasteiger partial charge is 0.192 e. The highest BCUT2D eigenvalue weighted by molar-refractivity contribution is 5.73. The Balaban J connectivity index is 1.95. The van der Waals surface area contributed by atoms with Crippen LogP contribution in [-0.2, 0) is 0 Å². The van der Waals surface area contributed by atoms with Gasteiger partial charge in [0.05, 0.1) is 6.04 Å². The highest BCUT2D eigenvalue weighted by Crippen LogP contribution is 2.25. The van der Waals surface area contributed by atoms with E-state index in [1.165, 1.54) is 0 Å². The van der Waals surface area contributed by atoms with Crippen molar-refractivity contribution in [3.63, 3.8) is 0 Å². The number of aromatic nitrogens is 1. The number of anilines is 1. The average Bonchev–Trinajstić information content (AvgIpc) is 2.85.